The zero-order chi connectivity index (χ0) is 10.1. The molecule has 0 heterocycles. The van der Waals surface area contributed by atoms with E-state index in [1.54, 1.807) is 6.08 Å². The maximum atomic E-state index is 6.83. The molecule has 0 saturated carbocycles. The van der Waals surface area contributed by atoms with Crippen LogP contribution in [0.15, 0.2) is 35.5 Å². The van der Waals surface area contributed by atoms with Crippen molar-refractivity contribution in [3.05, 3.63) is 35.5 Å². The van der Waals surface area contributed by atoms with Gasteiger partial charge in [-0.1, -0.05) is 37.6 Å². The van der Waals surface area contributed by atoms with Crippen molar-refractivity contribution in [1.29, 1.82) is 5.41 Å². The Balaban J connectivity index is 0.000000671. The molecular weight excluding hydrogens is 158 g/mol. The molecule has 0 spiro atoms. The highest BCUT2D eigenvalue weighted by molar-refractivity contribution is 5.69. The van der Waals surface area contributed by atoms with Gasteiger partial charge in [-0.05, 0) is 31.4 Å². The van der Waals surface area contributed by atoms with Gasteiger partial charge in [0.2, 0.25) is 0 Å². The Morgan fingerprint density at radius 1 is 1.38 bits per heavy atom. The SMILES string of the molecule is CC.CC1=C(/C=C\C=N)C=CCC1. The zero-order valence-electron chi connectivity index (χ0n) is 8.80. The first-order valence-electron chi connectivity index (χ1n) is 4.88. The maximum absolute atomic E-state index is 6.83. The van der Waals surface area contributed by atoms with E-state index in [-0.39, 0.29) is 0 Å². The molecule has 1 aliphatic rings. The Bertz CT molecular complexity index is 232. The van der Waals surface area contributed by atoms with Crippen molar-refractivity contribution < 1.29 is 0 Å². The van der Waals surface area contributed by atoms with Crippen LogP contribution in [0.2, 0.25) is 0 Å². The van der Waals surface area contributed by atoms with Gasteiger partial charge >= 0.3 is 0 Å². The average Bonchev–Trinajstić information content (AvgIpc) is 2.20. The smallest absolute Gasteiger partial charge is 0.0177 e. The van der Waals surface area contributed by atoms with Crippen LogP contribution >= 0.6 is 0 Å². The second-order valence-electron chi connectivity index (χ2n) is 2.70. The number of hydrogen-bond donors (Lipinski definition) is 1. The summed E-state index contributed by atoms with van der Waals surface area (Å²) in [6.45, 7) is 6.15. The minimum absolute atomic E-state index is 1.16. The second kappa shape index (κ2) is 7.53. The molecule has 0 aromatic heterocycles. The van der Waals surface area contributed by atoms with Crippen LogP contribution in [0.1, 0.15) is 33.6 Å². The molecule has 0 saturated heterocycles. The third-order valence-corrected chi connectivity index (χ3v) is 1.85. The molecule has 1 aliphatic carbocycles. The molecule has 0 amide bonds. The second-order valence-corrected chi connectivity index (χ2v) is 2.70. The van der Waals surface area contributed by atoms with Gasteiger partial charge in [0.15, 0.2) is 0 Å². The standard InChI is InChI=1S/C10H13N.C2H6/c1-9-5-2-3-6-10(9)7-4-8-11;1-2/h3-4,6-8,11H,2,5H2,1H3;1-2H3/b7-4-,11-8?;. The lowest BCUT2D eigenvalue weighted by Crippen LogP contribution is -1.88. The van der Waals surface area contributed by atoms with Gasteiger partial charge in [-0.25, -0.2) is 0 Å². The number of hydrogen-bond acceptors (Lipinski definition) is 1. The fourth-order valence-electron chi connectivity index (χ4n) is 1.15. The Morgan fingerprint density at radius 3 is 2.62 bits per heavy atom. The minimum Gasteiger partial charge on any atom is -0.309 e. The third-order valence-electron chi connectivity index (χ3n) is 1.85. The number of nitrogens with one attached hydrogen (secondary N) is 1. The summed E-state index contributed by atoms with van der Waals surface area (Å²) in [5.74, 6) is 0. The van der Waals surface area contributed by atoms with Crippen LogP contribution in [0.25, 0.3) is 0 Å². The fraction of sp³-hybridized carbons (Fsp3) is 0.417. The highest BCUT2D eigenvalue weighted by atomic mass is 14.3. The van der Waals surface area contributed by atoms with Gasteiger partial charge in [-0.3, -0.25) is 0 Å². The summed E-state index contributed by atoms with van der Waals surface area (Å²) in [4.78, 5) is 0. The molecule has 0 atom stereocenters. The van der Waals surface area contributed by atoms with E-state index in [4.69, 9.17) is 5.41 Å². The summed E-state index contributed by atoms with van der Waals surface area (Å²) < 4.78 is 0. The quantitative estimate of drug-likeness (QED) is 0.619. The van der Waals surface area contributed by atoms with Crippen LogP contribution < -0.4 is 0 Å². The normalized spacial score (nSPS) is 15.6. The van der Waals surface area contributed by atoms with Crippen molar-refractivity contribution in [3.8, 4) is 0 Å². The monoisotopic (exact) mass is 177 g/mol. The zero-order valence-corrected chi connectivity index (χ0v) is 8.80. The van der Waals surface area contributed by atoms with Gasteiger partial charge in [-0.15, -0.1) is 0 Å². The first kappa shape index (κ1) is 11.9. The van der Waals surface area contributed by atoms with Crippen LogP contribution in [0.5, 0.6) is 0 Å². The van der Waals surface area contributed by atoms with Crippen molar-refractivity contribution >= 4 is 6.21 Å². The molecule has 0 bridgehead atoms. The van der Waals surface area contributed by atoms with Crippen molar-refractivity contribution in [2.45, 2.75) is 33.6 Å². The van der Waals surface area contributed by atoms with E-state index in [1.807, 2.05) is 19.9 Å². The molecule has 1 rings (SSSR count). The predicted molar refractivity (Wildman–Crippen MR) is 60.3 cm³/mol. The lowest BCUT2D eigenvalue weighted by Gasteiger charge is -2.07. The minimum atomic E-state index is 1.16. The summed E-state index contributed by atoms with van der Waals surface area (Å²) in [5.41, 5.74) is 2.69. The van der Waals surface area contributed by atoms with Crippen LogP contribution in [0.4, 0.5) is 0 Å². The summed E-state index contributed by atoms with van der Waals surface area (Å²) in [6, 6.07) is 0. The van der Waals surface area contributed by atoms with Crippen LogP contribution in [0.3, 0.4) is 0 Å². The lowest BCUT2D eigenvalue weighted by molar-refractivity contribution is 0.949. The summed E-state index contributed by atoms with van der Waals surface area (Å²) in [7, 11) is 0. The molecule has 0 aromatic rings. The van der Waals surface area contributed by atoms with E-state index in [1.165, 1.54) is 17.4 Å². The Kier molecular flexibility index (Phi) is 6.89. The molecule has 1 nitrogen and oxygen atoms in total. The first-order valence-corrected chi connectivity index (χ1v) is 4.88. The van der Waals surface area contributed by atoms with E-state index in [0.29, 0.717) is 0 Å². The average molecular weight is 177 g/mol. The first-order chi connectivity index (χ1) is 6.34. The molecule has 1 N–H and O–H groups in total. The molecule has 0 unspecified atom stereocenters. The molecule has 0 radical (unpaired) electrons. The van der Waals surface area contributed by atoms with Crippen LogP contribution in [0, 0.1) is 5.41 Å². The number of rotatable bonds is 2. The van der Waals surface area contributed by atoms with Crippen LogP contribution in [-0.4, -0.2) is 6.21 Å². The van der Waals surface area contributed by atoms with E-state index >= 15 is 0 Å². The fourth-order valence-corrected chi connectivity index (χ4v) is 1.15. The van der Waals surface area contributed by atoms with E-state index in [2.05, 4.69) is 19.1 Å². The largest absolute Gasteiger partial charge is 0.309 e. The van der Waals surface area contributed by atoms with Gasteiger partial charge in [0.05, 0.1) is 0 Å². The van der Waals surface area contributed by atoms with Gasteiger partial charge in [-0.2, -0.15) is 0 Å². The van der Waals surface area contributed by atoms with Gasteiger partial charge < -0.3 is 5.41 Å². The molecular formula is C12H19N. The predicted octanol–water partition coefficient (Wildman–Crippen LogP) is 3.88. The summed E-state index contributed by atoms with van der Waals surface area (Å²) in [5, 5.41) is 6.83. The highest BCUT2D eigenvalue weighted by Gasteiger charge is 1.98. The van der Waals surface area contributed by atoms with Crippen molar-refractivity contribution in [2.75, 3.05) is 0 Å². The molecule has 0 fully saturated rings. The summed E-state index contributed by atoms with van der Waals surface area (Å²) >= 11 is 0. The van der Waals surface area contributed by atoms with Gasteiger partial charge in [0.25, 0.3) is 0 Å². The van der Waals surface area contributed by atoms with Gasteiger partial charge in [0, 0.05) is 6.21 Å². The topological polar surface area (TPSA) is 23.9 Å². The Hall–Kier alpha value is -1.11. The highest BCUT2D eigenvalue weighted by Crippen LogP contribution is 2.18. The van der Waals surface area contributed by atoms with E-state index in [0.717, 1.165) is 12.8 Å². The Morgan fingerprint density at radius 2 is 2.08 bits per heavy atom. The van der Waals surface area contributed by atoms with Gasteiger partial charge in [0.1, 0.15) is 0 Å². The maximum Gasteiger partial charge on any atom is 0.0177 e. The third kappa shape index (κ3) is 4.46. The summed E-state index contributed by atoms with van der Waals surface area (Å²) in [6.07, 6.45) is 11.7. The molecule has 1 heteroatoms. The molecule has 72 valence electrons. The van der Waals surface area contributed by atoms with Crippen LogP contribution in [-0.2, 0) is 0 Å². The molecule has 0 aliphatic heterocycles. The number of allylic oxidation sites excluding steroid dienone is 6. The molecule has 0 aromatic carbocycles. The van der Waals surface area contributed by atoms with E-state index in [9.17, 15) is 0 Å². The Labute approximate surface area is 81.4 Å². The van der Waals surface area contributed by atoms with Crippen molar-refractivity contribution in [2.24, 2.45) is 0 Å². The van der Waals surface area contributed by atoms with E-state index < -0.39 is 0 Å². The van der Waals surface area contributed by atoms with Crippen molar-refractivity contribution in [1.82, 2.24) is 0 Å². The lowest BCUT2D eigenvalue weighted by atomic mass is 9.99. The van der Waals surface area contributed by atoms with Crippen molar-refractivity contribution in [3.63, 3.8) is 0 Å². The molecule has 13 heavy (non-hydrogen) atoms.